The Morgan fingerprint density at radius 1 is 1.28 bits per heavy atom. The Hall–Kier alpha value is -2.30. The van der Waals surface area contributed by atoms with Crippen LogP contribution in [0.2, 0.25) is 0 Å². The number of aromatic nitrogens is 1. The number of hydrogen-bond donors (Lipinski definition) is 0. The quantitative estimate of drug-likeness (QED) is 0.783. The second-order valence-electron chi connectivity index (χ2n) is 3.59. The highest BCUT2D eigenvalue weighted by Crippen LogP contribution is 2.26. The fourth-order valence-electron chi connectivity index (χ4n) is 1.40. The van der Waals surface area contributed by atoms with Gasteiger partial charge in [0.15, 0.2) is 17.3 Å². The van der Waals surface area contributed by atoms with E-state index >= 15 is 0 Å². The van der Waals surface area contributed by atoms with Gasteiger partial charge in [0.05, 0.1) is 5.56 Å². The molecule has 5 heteroatoms. The van der Waals surface area contributed by atoms with E-state index in [1.165, 1.54) is 19.2 Å². The molecule has 0 saturated carbocycles. The van der Waals surface area contributed by atoms with Crippen molar-refractivity contribution in [2.75, 3.05) is 0 Å². The van der Waals surface area contributed by atoms with E-state index in [2.05, 4.69) is 4.98 Å². The molecule has 0 atom stereocenters. The molecule has 0 saturated heterocycles. The number of Topliss-reactive ketones (excluding diaryl/α,β-unsaturated/α-hetero) is 1. The normalized spacial score (nSPS) is 10.2. The van der Waals surface area contributed by atoms with Crippen LogP contribution in [0.3, 0.4) is 0 Å². The largest absolute Gasteiger partial charge is 0.435 e. The lowest BCUT2D eigenvalue weighted by Gasteiger charge is -2.08. The SMILES string of the molecule is CC(=O)c1cccnc1Oc1cc(F)ccc1F. The van der Waals surface area contributed by atoms with Crippen LogP contribution >= 0.6 is 0 Å². The molecule has 0 unspecified atom stereocenters. The van der Waals surface area contributed by atoms with E-state index in [1.807, 2.05) is 0 Å². The minimum absolute atomic E-state index is 0.0468. The van der Waals surface area contributed by atoms with Gasteiger partial charge in [-0.3, -0.25) is 4.79 Å². The summed E-state index contributed by atoms with van der Waals surface area (Å²) in [5.41, 5.74) is 0.209. The molecule has 0 fully saturated rings. The highest BCUT2D eigenvalue weighted by Gasteiger charge is 2.13. The van der Waals surface area contributed by atoms with E-state index in [4.69, 9.17) is 4.74 Å². The van der Waals surface area contributed by atoms with Gasteiger partial charge in [-0.2, -0.15) is 0 Å². The third kappa shape index (κ3) is 2.51. The van der Waals surface area contributed by atoms with Gasteiger partial charge in [-0.15, -0.1) is 0 Å². The van der Waals surface area contributed by atoms with Crippen LogP contribution in [0.4, 0.5) is 8.78 Å². The number of nitrogens with zero attached hydrogens (tertiary/aromatic N) is 1. The van der Waals surface area contributed by atoms with Gasteiger partial charge in [0.2, 0.25) is 5.88 Å². The van der Waals surface area contributed by atoms with Crippen LogP contribution < -0.4 is 4.74 Å². The summed E-state index contributed by atoms with van der Waals surface area (Å²) in [6, 6.07) is 5.88. The zero-order chi connectivity index (χ0) is 13.1. The minimum Gasteiger partial charge on any atom is -0.435 e. The number of benzene rings is 1. The summed E-state index contributed by atoms with van der Waals surface area (Å²) in [5.74, 6) is -1.98. The number of halogens is 2. The van der Waals surface area contributed by atoms with Crippen molar-refractivity contribution in [1.82, 2.24) is 4.98 Å². The molecule has 0 amide bonds. The van der Waals surface area contributed by atoms with Crippen LogP contribution in [0, 0.1) is 11.6 Å². The van der Waals surface area contributed by atoms with Gasteiger partial charge in [0, 0.05) is 12.3 Å². The molecule has 0 aliphatic heterocycles. The molecular weight excluding hydrogens is 240 g/mol. The van der Waals surface area contributed by atoms with Gasteiger partial charge >= 0.3 is 0 Å². The number of carbonyl (C=O) groups is 1. The molecular formula is C13H9F2NO2. The Morgan fingerprint density at radius 2 is 2.06 bits per heavy atom. The van der Waals surface area contributed by atoms with Crippen molar-refractivity contribution < 1.29 is 18.3 Å². The molecule has 3 nitrogen and oxygen atoms in total. The molecule has 2 rings (SSSR count). The number of pyridine rings is 1. The van der Waals surface area contributed by atoms with Crippen molar-refractivity contribution in [2.24, 2.45) is 0 Å². The van der Waals surface area contributed by atoms with Gasteiger partial charge in [-0.25, -0.2) is 13.8 Å². The first-order chi connectivity index (χ1) is 8.58. The maximum Gasteiger partial charge on any atom is 0.230 e. The fraction of sp³-hybridized carbons (Fsp3) is 0.0769. The van der Waals surface area contributed by atoms with Crippen molar-refractivity contribution in [3.05, 3.63) is 53.7 Å². The maximum absolute atomic E-state index is 13.4. The predicted molar refractivity (Wildman–Crippen MR) is 60.7 cm³/mol. The molecule has 0 bridgehead atoms. The van der Waals surface area contributed by atoms with Crippen LogP contribution in [0.1, 0.15) is 17.3 Å². The zero-order valence-corrected chi connectivity index (χ0v) is 9.48. The van der Waals surface area contributed by atoms with Crippen molar-refractivity contribution in [3.63, 3.8) is 0 Å². The van der Waals surface area contributed by atoms with Gasteiger partial charge in [0.25, 0.3) is 0 Å². The molecule has 0 radical (unpaired) electrons. The molecule has 0 N–H and O–H groups in total. The molecule has 1 aromatic carbocycles. The molecule has 0 spiro atoms. The topological polar surface area (TPSA) is 39.2 Å². The lowest BCUT2D eigenvalue weighted by molar-refractivity contribution is 0.101. The number of ether oxygens (including phenoxy) is 1. The summed E-state index contributed by atoms with van der Waals surface area (Å²) in [6.45, 7) is 1.34. The molecule has 0 aliphatic rings. The summed E-state index contributed by atoms with van der Waals surface area (Å²) in [5, 5.41) is 0. The highest BCUT2D eigenvalue weighted by molar-refractivity contribution is 5.96. The second kappa shape index (κ2) is 4.91. The fourth-order valence-corrected chi connectivity index (χ4v) is 1.40. The Labute approximate surface area is 102 Å². The average Bonchev–Trinajstić information content (AvgIpc) is 2.34. The van der Waals surface area contributed by atoms with E-state index < -0.39 is 11.6 Å². The van der Waals surface area contributed by atoms with Crippen molar-refractivity contribution >= 4 is 5.78 Å². The van der Waals surface area contributed by atoms with E-state index in [-0.39, 0.29) is 23.0 Å². The maximum atomic E-state index is 13.4. The van der Waals surface area contributed by atoms with Crippen LogP contribution in [-0.4, -0.2) is 10.8 Å². The standard InChI is InChI=1S/C13H9F2NO2/c1-8(17)10-3-2-6-16-13(10)18-12-7-9(14)4-5-11(12)15/h2-7H,1H3. The smallest absolute Gasteiger partial charge is 0.230 e. The third-order valence-electron chi connectivity index (χ3n) is 2.25. The minimum atomic E-state index is -0.725. The van der Waals surface area contributed by atoms with E-state index in [0.717, 1.165) is 18.2 Å². The van der Waals surface area contributed by atoms with Crippen molar-refractivity contribution in [1.29, 1.82) is 0 Å². The molecule has 2 aromatic rings. The monoisotopic (exact) mass is 249 g/mol. The summed E-state index contributed by atoms with van der Waals surface area (Å²) in [4.78, 5) is 15.2. The Bertz CT molecular complexity index is 599. The zero-order valence-electron chi connectivity index (χ0n) is 9.48. The van der Waals surface area contributed by atoms with Crippen LogP contribution in [0.15, 0.2) is 36.5 Å². The highest BCUT2D eigenvalue weighted by atomic mass is 19.1. The van der Waals surface area contributed by atoms with Gasteiger partial charge < -0.3 is 4.74 Å². The first-order valence-electron chi connectivity index (χ1n) is 5.17. The van der Waals surface area contributed by atoms with Gasteiger partial charge in [-0.1, -0.05) is 0 Å². The first-order valence-corrected chi connectivity index (χ1v) is 5.17. The van der Waals surface area contributed by atoms with Gasteiger partial charge in [0.1, 0.15) is 5.82 Å². The number of carbonyl (C=O) groups excluding carboxylic acids is 1. The lowest BCUT2D eigenvalue weighted by Crippen LogP contribution is -2.00. The van der Waals surface area contributed by atoms with Crippen molar-refractivity contribution in [2.45, 2.75) is 6.92 Å². The summed E-state index contributed by atoms with van der Waals surface area (Å²) in [6.07, 6.45) is 1.40. The Balaban J connectivity index is 2.40. The van der Waals surface area contributed by atoms with E-state index in [9.17, 15) is 13.6 Å². The molecule has 92 valence electrons. The van der Waals surface area contributed by atoms with Crippen molar-refractivity contribution in [3.8, 4) is 11.6 Å². The summed E-state index contributed by atoms with van der Waals surface area (Å²) in [7, 11) is 0. The lowest BCUT2D eigenvalue weighted by atomic mass is 10.2. The number of rotatable bonds is 3. The number of hydrogen-bond acceptors (Lipinski definition) is 3. The molecule has 1 aromatic heterocycles. The predicted octanol–water partition coefficient (Wildman–Crippen LogP) is 3.35. The molecule has 0 aliphatic carbocycles. The average molecular weight is 249 g/mol. The van der Waals surface area contributed by atoms with E-state index in [1.54, 1.807) is 6.07 Å². The molecule has 1 heterocycles. The first kappa shape index (κ1) is 12.2. The van der Waals surface area contributed by atoms with Crippen LogP contribution in [0.5, 0.6) is 11.6 Å². The number of ketones is 1. The Morgan fingerprint density at radius 3 is 2.78 bits per heavy atom. The van der Waals surface area contributed by atoms with Crippen LogP contribution in [-0.2, 0) is 0 Å². The summed E-state index contributed by atoms with van der Waals surface area (Å²) < 4.78 is 31.5. The third-order valence-corrected chi connectivity index (χ3v) is 2.25. The van der Waals surface area contributed by atoms with Gasteiger partial charge in [-0.05, 0) is 31.2 Å². The van der Waals surface area contributed by atoms with Crippen LogP contribution in [0.25, 0.3) is 0 Å². The summed E-state index contributed by atoms with van der Waals surface area (Å²) >= 11 is 0. The second-order valence-corrected chi connectivity index (χ2v) is 3.59. The Kier molecular flexibility index (Phi) is 3.32. The van der Waals surface area contributed by atoms with E-state index in [0.29, 0.717) is 0 Å². The molecule has 18 heavy (non-hydrogen) atoms.